The molecule has 0 aromatic heterocycles. The van der Waals surface area contributed by atoms with Gasteiger partial charge in [-0.1, -0.05) is 398 Å². The fraction of sp³-hybridized carbons (Fsp3) is 0.963. The van der Waals surface area contributed by atoms with Gasteiger partial charge in [0.2, 0.25) is 5.91 Å². The third kappa shape index (κ3) is 49.4. The van der Waals surface area contributed by atoms with Crippen molar-refractivity contribution in [2.75, 3.05) is 19.8 Å². The molecule has 2 aliphatic heterocycles. The van der Waals surface area contributed by atoms with Crippen molar-refractivity contribution in [3.63, 3.8) is 0 Å². The molecule has 0 aromatic rings. The largest absolute Gasteiger partial charge is 0.394 e. The van der Waals surface area contributed by atoms with Crippen molar-refractivity contribution in [2.45, 2.75) is 485 Å². The van der Waals surface area contributed by atoms with Crippen LogP contribution in [-0.2, 0) is 23.7 Å². The third-order valence-electron chi connectivity index (χ3n) is 21.0. The number of amides is 1. The minimum Gasteiger partial charge on any atom is -0.394 e. The first-order valence-electron chi connectivity index (χ1n) is 41.9. The molecule has 2 fully saturated rings. The summed E-state index contributed by atoms with van der Waals surface area (Å²) in [7, 11) is 0. The molecule has 96 heavy (non-hydrogen) atoms. The van der Waals surface area contributed by atoms with Gasteiger partial charge in [0.25, 0.3) is 0 Å². The smallest absolute Gasteiger partial charge is 0.220 e. The number of carbonyl (C=O) groups excluding carboxylic acids is 1. The third-order valence-corrected chi connectivity index (χ3v) is 21.0. The summed E-state index contributed by atoms with van der Waals surface area (Å²) in [5, 5.41) is 87.8. The molecule has 0 bridgehead atoms. The molecular formula is C82H159NO13. The van der Waals surface area contributed by atoms with Gasteiger partial charge in [0.15, 0.2) is 12.6 Å². The molecule has 14 heteroatoms. The van der Waals surface area contributed by atoms with Gasteiger partial charge >= 0.3 is 0 Å². The van der Waals surface area contributed by atoms with E-state index in [1.807, 2.05) is 6.08 Å². The van der Waals surface area contributed by atoms with Crippen LogP contribution in [-0.4, -0.2) is 140 Å². The second kappa shape index (κ2) is 66.9. The number of rotatable bonds is 72. The molecule has 2 heterocycles. The number of ether oxygens (including phenoxy) is 4. The average molecular weight is 1370 g/mol. The van der Waals surface area contributed by atoms with E-state index in [1.54, 1.807) is 6.08 Å². The highest BCUT2D eigenvalue weighted by atomic mass is 16.7. The summed E-state index contributed by atoms with van der Waals surface area (Å²) >= 11 is 0. The predicted molar refractivity (Wildman–Crippen MR) is 397 cm³/mol. The number of unbranched alkanes of at least 4 members (excludes halogenated alkanes) is 59. The van der Waals surface area contributed by atoms with Gasteiger partial charge in [-0.05, 0) is 19.3 Å². The molecular weight excluding hydrogens is 1210 g/mol. The Kier molecular flexibility index (Phi) is 63.3. The van der Waals surface area contributed by atoms with Gasteiger partial charge in [-0.25, -0.2) is 0 Å². The van der Waals surface area contributed by atoms with Crippen molar-refractivity contribution in [1.82, 2.24) is 5.32 Å². The summed E-state index contributed by atoms with van der Waals surface area (Å²) < 4.78 is 22.9. The molecule has 0 spiro atoms. The van der Waals surface area contributed by atoms with E-state index in [-0.39, 0.29) is 18.9 Å². The van der Waals surface area contributed by atoms with E-state index < -0.39 is 86.8 Å². The topological polar surface area (TPSA) is 228 Å². The van der Waals surface area contributed by atoms with E-state index in [4.69, 9.17) is 18.9 Å². The molecule has 0 radical (unpaired) electrons. The number of aliphatic hydroxyl groups excluding tert-OH is 8. The Hall–Kier alpha value is -1.27. The first-order chi connectivity index (χ1) is 47.1. The van der Waals surface area contributed by atoms with Crippen LogP contribution in [0, 0.1) is 0 Å². The SMILES string of the molecule is CCCCCCCCCCCCCCCCCCCCCCCCCCCCCCCC/C=C/C(O)C(COC1OC(CO)C(OC2OC(CO)C(O)C(O)C2O)C(O)C1O)NC(=O)CCCCCCCCCCCCCCCCCCCCCCCCCCCCCCCC. The molecule has 0 aliphatic carbocycles. The summed E-state index contributed by atoms with van der Waals surface area (Å²) in [5.74, 6) is -0.228. The average Bonchev–Trinajstić information content (AvgIpc) is 0.804. The number of hydrogen-bond donors (Lipinski definition) is 9. The van der Waals surface area contributed by atoms with Gasteiger partial charge in [0, 0.05) is 6.42 Å². The van der Waals surface area contributed by atoms with Gasteiger partial charge < -0.3 is 65.1 Å². The van der Waals surface area contributed by atoms with E-state index in [1.165, 1.54) is 347 Å². The van der Waals surface area contributed by atoms with E-state index in [2.05, 4.69) is 19.2 Å². The Balaban J connectivity index is 1.60. The maximum Gasteiger partial charge on any atom is 0.220 e. The predicted octanol–water partition coefficient (Wildman–Crippen LogP) is 19.3. The van der Waals surface area contributed by atoms with Crippen molar-refractivity contribution in [1.29, 1.82) is 0 Å². The monoisotopic (exact) mass is 1370 g/mol. The minimum absolute atomic E-state index is 0.228. The van der Waals surface area contributed by atoms with E-state index in [0.29, 0.717) is 0 Å². The first-order valence-corrected chi connectivity index (χ1v) is 41.9. The number of carbonyl (C=O) groups is 1. The molecule has 14 nitrogen and oxygen atoms in total. The highest BCUT2D eigenvalue weighted by molar-refractivity contribution is 5.76. The Labute approximate surface area is 590 Å². The van der Waals surface area contributed by atoms with Crippen LogP contribution >= 0.6 is 0 Å². The first kappa shape index (κ1) is 90.8. The number of nitrogens with one attached hydrogen (secondary N) is 1. The van der Waals surface area contributed by atoms with Gasteiger partial charge in [0.1, 0.15) is 48.8 Å². The summed E-state index contributed by atoms with van der Waals surface area (Å²) in [6.07, 6.45) is 68.8. The van der Waals surface area contributed by atoms with Gasteiger partial charge in [-0.15, -0.1) is 0 Å². The van der Waals surface area contributed by atoms with Crippen LogP contribution in [0.25, 0.3) is 0 Å². The van der Waals surface area contributed by atoms with Crippen LogP contribution in [0.5, 0.6) is 0 Å². The van der Waals surface area contributed by atoms with Crippen LogP contribution in [0.4, 0.5) is 0 Å². The molecule has 1 amide bonds. The summed E-state index contributed by atoms with van der Waals surface area (Å²) in [6.45, 7) is 2.89. The van der Waals surface area contributed by atoms with Crippen LogP contribution in [0.2, 0.25) is 0 Å². The van der Waals surface area contributed by atoms with Crippen molar-refractivity contribution >= 4 is 5.91 Å². The zero-order valence-electron chi connectivity index (χ0n) is 62.7. The highest BCUT2D eigenvalue weighted by Gasteiger charge is 2.51. The zero-order chi connectivity index (χ0) is 69.4. The van der Waals surface area contributed by atoms with Crippen LogP contribution < -0.4 is 5.32 Å². The van der Waals surface area contributed by atoms with Crippen LogP contribution in [0.1, 0.15) is 412 Å². The van der Waals surface area contributed by atoms with Crippen LogP contribution in [0.3, 0.4) is 0 Å². The Bertz CT molecular complexity index is 1660. The van der Waals surface area contributed by atoms with Crippen molar-refractivity contribution in [2.24, 2.45) is 0 Å². The Morgan fingerprint density at radius 2 is 0.646 bits per heavy atom. The normalized spacial score (nSPS) is 22.2. The lowest BCUT2D eigenvalue weighted by Crippen LogP contribution is -2.65. The molecule has 12 atom stereocenters. The summed E-state index contributed by atoms with van der Waals surface area (Å²) in [4.78, 5) is 13.4. The number of allylic oxidation sites excluding steroid dienone is 1. The lowest BCUT2D eigenvalue weighted by atomic mass is 9.97. The summed E-state index contributed by atoms with van der Waals surface area (Å²) in [6, 6.07) is -0.913. The number of aliphatic hydroxyl groups is 8. The second-order valence-corrected chi connectivity index (χ2v) is 30.0. The maximum atomic E-state index is 13.4. The fourth-order valence-corrected chi connectivity index (χ4v) is 14.4. The molecule has 2 rings (SSSR count). The number of hydrogen-bond acceptors (Lipinski definition) is 13. The molecule has 2 saturated heterocycles. The molecule has 9 N–H and O–H groups in total. The molecule has 0 saturated carbocycles. The fourth-order valence-electron chi connectivity index (χ4n) is 14.4. The van der Waals surface area contributed by atoms with E-state index in [9.17, 15) is 45.6 Å². The second-order valence-electron chi connectivity index (χ2n) is 30.0. The minimum atomic E-state index is -1.79. The lowest BCUT2D eigenvalue weighted by molar-refractivity contribution is -0.359. The van der Waals surface area contributed by atoms with Crippen LogP contribution in [0.15, 0.2) is 12.2 Å². The van der Waals surface area contributed by atoms with Crippen molar-refractivity contribution in [3.8, 4) is 0 Å². The van der Waals surface area contributed by atoms with E-state index in [0.717, 1.165) is 44.9 Å². The highest BCUT2D eigenvalue weighted by Crippen LogP contribution is 2.31. The van der Waals surface area contributed by atoms with Gasteiger partial charge in [0.05, 0.1) is 32.0 Å². The zero-order valence-corrected chi connectivity index (χ0v) is 62.7. The quantitative estimate of drug-likeness (QED) is 0.0204. The van der Waals surface area contributed by atoms with E-state index >= 15 is 0 Å². The lowest BCUT2D eigenvalue weighted by Gasteiger charge is -2.46. The molecule has 570 valence electrons. The molecule has 2 aliphatic rings. The maximum absolute atomic E-state index is 13.4. The summed E-state index contributed by atoms with van der Waals surface area (Å²) in [5.41, 5.74) is 0. The molecule has 0 aromatic carbocycles. The van der Waals surface area contributed by atoms with Crippen molar-refractivity contribution < 1.29 is 64.6 Å². The van der Waals surface area contributed by atoms with Gasteiger partial charge in [-0.2, -0.15) is 0 Å². The van der Waals surface area contributed by atoms with Gasteiger partial charge in [-0.3, -0.25) is 4.79 Å². The molecule has 12 unspecified atom stereocenters. The standard InChI is InChI=1S/C82H159NO13/c1-3-5-7-9-11-13-15-17-19-21-23-25-27-29-31-33-35-36-37-39-41-43-45-47-49-51-53-55-57-59-61-63-65-71(86)70(69-93-81-79(92)77(90)80(73(68-85)95-81)96-82-78(91)76(89)75(88)72(67-84)94-82)83-74(87)66-64-62-60-58-56-54-52-50-48-46-44-42-40-38-34-32-30-28-26-24-22-20-18-16-14-12-10-8-6-4-2/h63,65,70-73,75-82,84-86,88-92H,3-62,64,66-69H2,1-2H3,(H,83,87)/b65-63+. The van der Waals surface area contributed by atoms with Crippen molar-refractivity contribution in [3.05, 3.63) is 12.2 Å². The Morgan fingerprint density at radius 3 is 0.958 bits per heavy atom. The Morgan fingerprint density at radius 1 is 0.365 bits per heavy atom.